The minimum absolute atomic E-state index is 0.0227. The van der Waals surface area contributed by atoms with Crippen LogP contribution in [0.15, 0.2) is 46.9 Å². The van der Waals surface area contributed by atoms with Crippen molar-refractivity contribution in [3.63, 3.8) is 0 Å². The van der Waals surface area contributed by atoms with Gasteiger partial charge in [-0.15, -0.1) is 0 Å². The second kappa shape index (κ2) is 7.13. The van der Waals surface area contributed by atoms with Gasteiger partial charge >= 0.3 is 0 Å². The molecule has 0 aliphatic heterocycles. The number of Topliss-reactive ketones (excluding diaryl/α,β-unsaturated/α-hetero) is 1. The van der Waals surface area contributed by atoms with Crippen molar-refractivity contribution in [3.8, 4) is 17.2 Å². The van der Waals surface area contributed by atoms with E-state index in [1.165, 1.54) is 0 Å². The summed E-state index contributed by atoms with van der Waals surface area (Å²) in [4.78, 5) is 12.1. The van der Waals surface area contributed by atoms with Gasteiger partial charge < -0.3 is 14.2 Å². The predicted octanol–water partition coefficient (Wildman–Crippen LogP) is 3.73. The van der Waals surface area contributed by atoms with Gasteiger partial charge in [-0.05, 0) is 58.4 Å². The summed E-state index contributed by atoms with van der Waals surface area (Å²) in [6.07, 6.45) is 0. The third-order valence-electron chi connectivity index (χ3n) is 2.90. The van der Waals surface area contributed by atoms with Crippen LogP contribution in [-0.2, 0) is 0 Å². The number of rotatable bonds is 6. The molecule has 0 fully saturated rings. The van der Waals surface area contributed by atoms with Crippen LogP contribution >= 0.6 is 15.9 Å². The molecule has 5 heteroatoms. The Morgan fingerprint density at radius 2 is 1.67 bits per heavy atom. The van der Waals surface area contributed by atoms with Crippen molar-refractivity contribution in [1.29, 1.82) is 0 Å². The third-order valence-corrected chi connectivity index (χ3v) is 3.52. The summed E-state index contributed by atoms with van der Waals surface area (Å²) in [5, 5.41) is 0. The maximum absolute atomic E-state index is 12.1. The number of hydrogen-bond acceptors (Lipinski definition) is 4. The average Bonchev–Trinajstić information content (AvgIpc) is 2.53. The van der Waals surface area contributed by atoms with Crippen molar-refractivity contribution in [2.45, 2.75) is 0 Å². The van der Waals surface area contributed by atoms with Gasteiger partial charge in [0.25, 0.3) is 0 Å². The molecule has 21 heavy (non-hydrogen) atoms. The summed E-state index contributed by atoms with van der Waals surface area (Å²) in [6.45, 7) is -0.0227. The van der Waals surface area contributed by atoms with Crippen LogP contribution in [0.4, 0.5) is 0 Å². The summed E-state index contributed by atoms with van der Waals surface area (Å²) >= 11 is 3.36. The zero-order valence-corrected chi connectivity index (χ0v) is 13.3. The van der Waals surface area contributed by atoms with Crippen molar-refractivity contribution < 1.29 is 19.0 Å². The first kappa shape index (κ1) is 15.4. The van der Waals surface area contributed by atoms with E-state index in [0.29, 0.717) is 17.1 Å². The first-order valence-electron chi connectivity index (χ1n) is 6.27. The largest absolute Gasteiger partial charge is 0.497 e. The molecule has 2 aromatic carbocycles. The van der Waals surface area contributed by atoms with Crippen molar-refractivity contribution in [1.82, 2.24) is 0 Å². The van der Waals surface area contributed by atoms with E-state index < -0.39 is 0 Å². The molecule has 0 atom stereocenters. The summed E-state index contributed by atoms with van der Waals surface area (Å²) in [6, 6.07) is 12.3. The van der Waals surface area contributed by atoms with Crippen LogP contribution in [0.25, 0.3) is 0 Å². The molecule has 0 bridgehead atoms. The number of methoxy groups -OCH3 is 2. The quantitative estimate of drug-likeness (QED) is 0.744. The zero-order valence-electron chi connectivity index (χ0n) is 11.8. The molecule has 0 saturated carbocycles. The Hall–Kier alpha value is -2.01. The standard InChI is InChI=1S/C16H15BrO4/c1-19-12-4-6-13(7-5-12)21-10-15(18)11-3-8-16(20-2)14(17)9-11/h3-9H,10H2,1-2H3. The summed E-state index contributed by atoms with van der Waals surface area (Å²) in [5.74, 6) is 1.95. The molecule has 110 valence electrons. The summed E-state index contributed by atoms with van der Waals surface area (Å²) < 4.78 is 16.4. The number of halogens is 1. The molecule has 0 aromatic heterocycles. The lowest BCUT2D eigenvalue weighted by Gasteiger charge is -2.08. The number of carbonyl (C=O) groups excluding carboxylic acids is 1. The molecule has 2 rings (SSSR count). The molecule has 0 radical (unpaired) electrons. The number of ketones is 1. The van der Waals surface area contributed by atoms with E-state index >= 15 is 0 Å². The van der Waals surface area contributed by atoms with Gasteiger partial charge in [0.2, 0.25) is 0 Å². The van der Waals surface area contributed by atoms with Crippen LogP contribution in [-0.4, -0.2) is 26.6 Å². The molecular weight excluding hydrogens is 336 g/mol. The van der Waals surface area contributed by atoms with E-state index in [-0.39, 0.29) is 12.4 Å². The van der Waals surface area contributed by atoms with Crippen LogP contribution in [0.2, 0.25) is 0 Å². The molecule has 0 spiro atoms. The van der Waals surface area contributed by atoms with Gasteiger partial charge in [0.05, 0.1) is 18.7 Å². The molecule has 0 amide bonds. The smallest absolute Gasteiger partial charge is 0.200 e. The number of hydrogen-bond donors (Lipinski definition) is 0. The van der Waals surface area contributed by atoms with Crippen molar-refractivity contribution in [2.24, 2.45) is 0 Å². The zero-order chi connectivity index (χ0) is 15.2. The van der Waals surface area contributed by atoms with Gasteiger partial charge in [-0.2, -0.15) is 0 Å². The number of ether oxygens (including phenoxy) is 3. The normalized spacial score (nSPS) is 10.0. The topological polar surface area (TPSA) is 44.8 Å². The van der Waals surface area contributed by atoms with Gasteiger partial charge in [-0.25, -0.2) is 0 Å². The lowest BCUT2D eigenvalue weighted by atomic mass is 10.1. The van der Waals surface area contributed by atoms with Crippen LogP contribution in [0.1, 0.15) is 10.4 Å². The van der Waals surface area contributed by atoms with Crippen molar-refractivity contribution in [3.05, 3.63) is 52.5 Å². The Morgan fingerprint density at radius 1 is 1.00 bits per heavy atom. The molecule has 0 N–H and O–H groups in total. The van der Waals surface area contributed by atoms with E-state index in [0.717, 1.165) is 10.2 Å². The highest BCUT2D eigenvalue weighted by Gasteiger charge is 2.10. The Kier molecular flexibility index (Phi) is 5.22. The van der Waals surface area contributed by atoms with Crippen molar-refractivity contribution >= 4 is 21.7 Å². The lowest BCUT2D eigenvalue weighted by Crippen LogP contribution is -2.11. The maximum Gasteiger partial charge on any atom is 0.200 e. The van der Waals surface area contributed by atoms with E-state index in [9.17, 15) is 4.79 Å². The molecular formula is C16H15BrO4. The molecule has 0 aliphatic carbocycles. The highest BCUT2D eigenvalue weighted by molar-refractivity contribution is 9.10. The molecule has 4 nitrogen and oxygen atoms in total. The predicted molar refractivity (Wildman–Crippen MR) is 83.5 cm³/mol. The summed E-state index contributed by atoms with van der Waals surface area (Å²) in [7, 11) is 3.18. The fourth-order valence-corrected chi connectivity index (χ4v) is 2.28. The van der Waals surface area contributed by atoms with Gasteiger partial charge in [-0.3, -0.25) is 4.79 Å². The number of benzene rings is 2. The molecule has 0 aliphatic rings. The first-order valence-corrected chi connectivity index (χ1v) is 7.07. The van der Waals surface area contributed by atoms with E-state index in [1.54, 1.807) is 56.7 Å². The van der Waals surface area contributed by atoms with Gasteiger partial charge in [0, 0.05) is 5.56 Å². The van der Waals surface area contributed by atoms with Crippen LogP contribution in [0, 0.1) is 0 Å². The van der Waals surface area contributed by atoms with Crippen LogP contribution in [0.5, 0.6) is 17.2 Å². The Morgan fingerprint density at radius 3 is 2.24 bits per heavy atom. The van der Waals surface area contributed by atoms with Crippen LogP contribution < -0.4 is 14.2 Å². The van der Waals surface area contributed by atoms with Gasteiger partial charge in [0.15, 0.2) is 12.4 Å². The lowest BCUT2D eigenvalue weighted by molar-refractivity contribution is 0.0921. The minimum Gasteiger partial charge on any atom is -0.497 e. The summed E-state index contributed by atoms with van der Waals surface area (Å²) in [5.41, 5.74) is 0.566. The first-order chi connectivity index (χ1) is 10.1. The van der Waals surface area contributed by atoms with E-state index in [1.807, 2.05) is 0 Å². The second-order valence-corrected chi connectivity index (χ2v) is 5.09. The van der Waals surface area contributed by atoms with Gasteiger partial charge in [0.1, 0.15) is 17.2 Å². The number of carbonyl (C=O) groups is 1. The highest BCUT2D eigenvalue weighted by Crippen LogP contribution is 2.26. The van der Waals surface area contributed by atoms with Crippen molar-refractivity contribution in [2.75, 3.05) is 20.8 Å². The third kappa shape index (κ3) is 3.98. The molecule has 0 heterocycles. The van der Waals surface area contributed by atoms with E-state index in [4.69, 9.17) is 14.2 Å². The molecule has 0 unspecified atom stereocenters. The Bertz CT molecular complexity index is 623. The average molecular weight is 351 g/mol. The molecule has 2 aromatic rings. The van der Waals surface area contributed by atoms with E-state index in [2.05, 4.69) is 15.9 Å². The highest BCUT2D eigenvalue weighted by atomic mass is 79.9. The maximum atomic E-state index is 12.1. The fraction of sp³-hybridized carbons (Fsp3) is 0.188. The monoisotopic (exact) mass is 350 g/mol. The fourth-order valence-electron chi connectivity index (χ4n) is 1.74. The minimum atomic E-state index is -0.103. The Labute approximate surface area is 131 Å². The van der Waals surface area contributed by atoms with Gasteiger partial charge in [-0.1, -0.05) is 0 Å². The Balaban J connectivity index is 1.99. The van der Waals surface area contributed by atoms with Crippen LogP contribution in [0.3, 0.4) is 0 Å². The second-order valence-electron chi connectivity index (χ2n) is 4.24. The SMILES string of the molecule is COc1ccc(OCC(=O)c2ccc(OC)c(Br)c2)cc1. The molecule has 0 saturated heterocycles.